The van der Waals surface area contributed by atoms with Crippen LogP contribution >= 0.6 is 15.9 Å². The molecule has 0 aliphatic heterocycles. The monoisotopic (exact) mass is 438 g/mol. The molecule has 2 amide bonds. The molecule has 5 nitrogen and oxygen atoms in total. The second-order valence-corrected chi connectivity index (χ2v) is 6.99. The van der Waals surface area contributed by atoms with Crippen molar-refractivity contribution in [2.75, 3.05) is 6.61 Å². The van der Waals surface area contributed by atoms with Gasteiger partial charge in [-0.1, -0.05) is 58.4 Å². The highest BCUT2D eigenvalue weighted by Gasteiger charge is 2.05. The molecule has 0 aromatic heterocycles. The van der Waals surface area contributed by atoms with Crippen molar-refractivity contribution in [3.05, 3.63) is 82.3 Å². The number of hydrogen-bond acceptors (Lipinski definition) is 3. The summed E-state index contributed by atoms with van der Waals surface area (Å²) in [6, 6.07) is 19.2. The molecule has 3 aromatic carbocycles. The van der Waals surface area contributed by atoms with Gasteiger partial charge in [-0.15, -0.1) is 0 Å². The molecule has 0 aliphatic carbocycles. The maximum absolute atomic E-state index is 12.0. The van der Waals surface area contributed by atoms with E-state index < -0.39 is 11.8 Å². The van der Waals surface area contributed by atoms with Gasteiger partial charge in [0.15, 0.2) is 6.61 Å². The number of halogens is 1. The van der Waals surface area contributed by atoms with Crippen molar-refractivity contribution in [1.82, 2.24) is 10.9 Å². The molecule has 0 unspecified atom stereocenters. The fourth-order valence-electron chi connectivity index (χ4n) is 2.63. The highest BCUT2D eigenvalue weighted by atomic mass is 79.9. The van der Waals surface area contributed by atoms with Gasteiger partial charge in [-0.25, -0.2) is 0 Å². The summed E-state index contributed by atoms with van der Waals surface area (Å²) >= 11 is 3.41. The van der Waals surface area contributed by atoms with E-state index in [0.29, 0.717) is 5.75 Å². The first-order chi connectivity index (χ1) is 13.5. The van der Waals surface area contributed by atoms with E-state index in [1.54, 1.807) is 12.1 Å². The largest absolute Gasteiger partial charge is 0.484 e. The van der Waals surface area contributed by atoms with Gasteiger partial charge < -0.3 is 4.74 Å². The molecule has 0 saturated heterocycles. The summed E-state index contributed by atoms with van der Waals surface area (Å²) in [6.07, 6.45) is 3.09. The summed E-state index contributed by atoms with van der Waals surface area (Å²) in [5.74, 6) is -0.300. The van der Waals surface area contributed by atoms with Gasteiger partial charge in [-0.2, -0.15) is 0 Å². The first-order valence-corrected chi connectivity index (χ1v) is 9.46. The molecule has 2 N–H and O–H groups in total. The normalized spacial score (nSPS) is 10.8. The van der Waals surface area contributed by atoms with Crippen LogP contribution in [-0.4, -0.2) is 18.4 Å². The fraction of sp³-hybridized carbons (Fsp3) is 0.0909. The minimum atomic E-state index is -0.451. The zero-order valence-electron chi connectivity index (χ0n) is 15.2. The number of amides is 2. The Labute approximate surface area is 171 Å². The summed E-state index contributed by atoms with van der Waals surface area (Å²) < 4.78 is 6.38. The third-order valence-corrected chi connectivity index (χ3v) is 4.95. The van der Waals surface area contributed by atoms with Crippen molar-refractivity contribution in [2.24, 2.45) is 0 Å². The van der Waals surface area contributed by atoms with E-state index in [1.165, 1.54) is 6.08 Å². The van der Waals surface area contributed by atoms with E-state index in [4.69, 9.17) is 4.74 Å². The minimum Gasteiger partial charge on any atom is -0.484 e. The molecule has 3 rings (SSSR count). The van der Waals surface area contributed by atoms with Crippen molar-refractivity contribution in [3.8, 4) is 5.75 Å². The molecule has 0 bridgehead atoms. The number of benzene rings is 3. The number of hydrogen-bond donors (Lipinski definition) is 2. The van der Waals surface area contributed by atoms with E-state index in [-0.39, 0.29) is 6.61 Å². The van der Waals surface area contributed by atoms with E-state index >= 15 is 0 Å². The van der Waals surface area contributed by atoms with Crippen LogP contribution in [0, 0.1) is 6.92 Å². The Morgan fingerprint density at radius 1 is 1.04 bits per heavy atom. The Morgan fingerprint density at radius 3 is 2.64 bits per heavy atom. The molecule has 0 aliphatic rings. The third-order valence-electron chi connectivity index (χ3n) is 4.06. The van der Waals surface area contributed by atoms with Gasteiger partial charge in [0.2, 0.25) is 0 Å². The lowest BCUT2D eigenvalue weighted by molar-refractivity contribution is -0.128. The average molecular weight is 439 g/mol. The van der Waals surface area contributed by atoms with E-state index in [0.717, 1.165) is 26.4 Å². The second-order valence-electron chi connectivity index (χ2n) is 6.14. The molecule has 0 saturated carbocycles. The molecule has 3 aromatic rings. The Bertz CT molecular complexity index is 1040. The first kappa shape index (κ1) is 19.6. The summed E-state index contributed by atoms with van der Waals surface area (Å²) in [5, 5.41) is 2.15. The number of carbonyl (C=O) groups excluding carboxylic acids is 2. The van der Waals surface area contributed by atoms with Crippen molar-refractivity contribution in [1.29, 1.82) is 0 Å². The predicted molar refractivity (Wildman–Crippen MR) is 114 cm³/mol. The number of hydrazine groups is 1. The smallest absolute Gasteiger partial charge is 0.276 e. The fourth-order valence-corrected chi connectivity index (χ4v) is 2.87. The van der Waals surface area contributed by atoms with Crippen molar-refractivity contribution in [3.63, 3.8) is 0 Å². The maximum Gasteiger partial charge on any atom is 0.276 e. The Morgan fingerprint density at radius 2 is 1.82 bits per heavy atom. The van der Waals surface area contributed by atoms with Crippen LogP contribution in [0.15, 0.2) is 71.2 Å². The molecular weight excluding hydrogens is 420 g/mol. The lowest BCUT2D eigenvalue weighted by atomic mass is 10.0. The highest BCUT2D eigenvalue weighted by molar-refractivity contribution is 9.10. The number of carbonyl (C=O) groups is 2. The topological polar surface area (TPSA) is 67.4 Å². The number of rotatable bonds is 5. The third kappa shape index (κ3) is 5.20. The Kier molecular flexibility index (Phi) is 6.45. The zero-order valence-corrected chi connectivity index (χ0v) is 16.8. The number of nitrogens with one attached hydrogen (secondary N) is 2. The number of ether oxygens (including phenoxy) is 1. The minimum absolute atomic E-state index is 0.200. The van der Waals surface area contributed by atoms with Crippen LogP contribution in [0.1, 0.15) is 11.1 Å². The second kappa shape index (κ2) is 9.19. The average Bonchev–Trinajstić information content (AvgIpc) is 2.71. The van der Waals surface area contributed by atoms with Crippen LogP contribution in [0.2, 0.25) is 0 Å². The van der Waals surface area contributed by atoms with Gasteiger partial charge in [0.1, 0.15) is 5.75 Å². The Hall–Kier alpha value is -3.12. The van der Waals surface area contributed by atoms with E-state index in [2.05, 4.69) is 26.8 Å². The summed E-state index contributed by atoms with van der Waals surface area (Å²) in [4.78, 5) is 23.8. The summed E-state index contributed by atoms with van der Waals surface area (Å²) in [7, 11) is 0. The molecule has 0 heterocycles. The SMILES string of the molecule is Cc1cc(OCC(=O)NNC(=O)C=Cc2cccc3ccccc23)ccc1Br. The Balaban J connectivity index is 1.50. The van der Waals surface area contributed by atoms with E-state index in [1.807, 2.05) is 61.5 Å². The van der Waals surface area contributed by atoms with Crippen molar-refractivity contribution in [2.45, 2.75) is 6.92 Å². The number of aryl methyl sites for hydroxylation is 1. The van der Waals surface area contributed by atoms with Crippen LogP contribution in [0.4, 0.5) is 0 Å². The van der Waals surface area contributed by atoms with Crippen LogP contribution < -0.4 is 15.6 Å². The van der Waals surface area contributed by atoms with Crippen LogP contribution in [0.5, 0.6) is 5.75 Å². The predicted octanol–water partition coefficient (Wildman–Crippen LogP) is 4.15. The first-order valence-electron chi connectivity index (χ1n) is 8.66. The molecular formula is C22H19BrN2O3. The summed E-state index contributed by atoms with van der Waals surface area (Å²) in [5.41, 5.74) is 6.60. The molecule has 0 radical (unpaired) electrons. The standard InChI is InChI=1S/C22H19BrN2O3/c1-15-13-18(10-11-20(15)23)28-14-22(27)25-24-21(26)12-9-17-7-4-6-16-5-2-3-8-19(16)17/h2-13H,14H2,1H3,(H,24,26)(H,25,27). The van der Waals surface area contributed by atoms with Crippen LogP contribution in [-0.2, 0) is 9.59 Å². The van der Waals surface area contributed by atoms with Crippen LogP contribution in [0.25, 0.3) is 16.8 Å². The van der Waals surface area contributed by atoms with Crippen molar-refractivity contribution >= 4 is 44.6 Å². The van der Waals surface area contributed by atoms with Crippen LogP contribution in [0.3, 0.4) is 0 Å². The molecule has 28 heavy (non-hydrogen) atoms. The summed E-state index contributed by atoms with van der Waals surface area (Å²) in [6.45, 7) is 1.73. The van der Waals surface area contributed by atoms with Crippen molar-refractivity contribution < 1.29 is 14.3 Å². The molecule has 0 atom stereocenters. The van der Waals surface area contributed by atoms with Gasteiger partial charge >= 0.3 is 0 Å². The quantitative estimate of drug-likeness (QED) is 0.464. The molecule has 142 valence electrons. The molecule has 0 fully saturated rings. The van der Waals surface area contributed by atoms with Gasteiger partial charge in [-0.3, -0.25) is 20.4 Å². The van der Waals surface area contributed by atoms with Gasteiger partial charge in [0.05, 0.1) is 0 Å². The molecule has 6 heteroatoms. The zero-order chi connectivity index (χ0) is 19.9. The lowest BCUT2D eigenvalue weighted by Crippen LogP contribution is -2.43. The number of fused-ring (bicyclic) bond motifs is 1. The van der Waals surface area contributed by atoms with Gasteiger partial charge in [0.25, 0.3) is 11.8 Å². The van der Waals surface area contributed by atoms with Gasteiger partial charge in [-0.05, 0) is 53.1 Å². The van der Waals surface area contributed by atoms with E-state index in [9.17, 15) is 9.59 Å². The maximum atomic E-state index is 12.0. The lowest BCUT2D eigenvalue weighted by Gasteiger charge is -2.08. The molecule has 0 spiro atoms. The highest BCUT2D eigenvalue weighted by Crippen LogP contribution is 2.21. The van der Waals surface area contributed by atoms with Gasteiger partial charge in [0, 0.05) is 10.5 Å².